The van der Waals surface area contributed by atoms with Gasteiger partial charge < -0.3 is 19.9 Å². The van der Waals surface area contributed by atoms with Crippen molar-refractivity contribution >= 4 is 29.9 Å². The third-order valence-electron chi connectivity index (χ3n) is 3.81. The van der Waals surface area contributed by atoms with Gasteiger partial charge in [-0.1, -0.05) is 6.92 Å². The van der Waals surface area contributed by atoms with Gasteiger partial charge in [-0.2, -0.15) is 0 Å². The van der Waals surface area contributed by atoms with E-state index >= 15 is 0 Å². The maximum Gasteiger partial charge on any atom is 0.191 e. The highest BCUT2D eigenvalue weighted by atomic mass is 127. The third-order valence-corrected chi connectivity index (χ3v) is 3.81. The summed E-state index contributed by atoms with van der Waals surface area (Å²) in [4.78, 5) is 4.61. The first kappa shape index (κ1) is 19.1. The number of aryl methyl sites for hydroxylation is 1. The van der Waals surface area contributed by atoms with E-state index in [-0.39, 0.29) is 24.0 Å². The molecule has 1 aromatic rings. The van der Waals surface area contributed by atoms with Crippen LogP contribution in [0.2, 0.25) is 0 Å². The molecule has 2 atom stereocenters. The molecule has 0 aliphatic heterocycles. The molecule has 0 radical (unpaired) electrons. The van der Waals surface area contributed by atoms with Gasteiger partial charge in [0.1, 0.15) is 12.4 Å². The average molecular weight is 422 g/mol. The van der Waals surface area contributed by atoms with Crippen LogP contribution in [0.15, 0.2) is 4.99 Å². The van der Waals surface area contributed by atoms with Crippen molar-refractivity contribution in [2.45, 2.75) is 39.3 Å². The highest BCUT2D eigenvalue weighted by Gasteiger charge is 2.33. The monoisotopic (exact) mass is 422 g/mol. The SMILES string of the molecule is COCCCNC(=NCc1nnc(C)n1C)NC1CC1C.I. The van der Waals surface area contributed by atoms with Crippen LogP contribution in [0.25, 0.3) is 0 Å². The molecule has 0 aromatic carbocycles. The molecule has 1 aromatic heterocycles. The van der Waals surface area contributed by atoms with Crippen molar-refractivity contribution < 1.29 is 4.74 Å². The number of methoxy groups -OCH3 is 1. The summed E-state index contributed by atoms with van der Waals surface area (Å²) in [5, 5.41) is 15.0. The second-order valence-electron chi connectivity index (χ2n) is 5.62. The fraction of sp³-hybridized carbons (Fsp3) is 0.786. The number of hydrogen-bond acceptors (Lipinski definition) is 4. The molecule has 2 rings (SSSR count). The predicted octanol–water partition coefficient (Wildman–Crippen LogP) is 1.22. The zero-order valence-electron chi connectivity index (χ0n) is 13.8. The molecular weight excluding hydrogens is 395 g/mol. The standard InChI is InChI=1S/C14H26N6O.HI/c1-10-8-12(10)17-14(15-6-5-7-21-4)16-9-13-19-18-11(2)20(13)3;/h10,12H,5-9H2,1-4H3,(H2,15,16,17);1H. The summed E-state index contributed by atoms with van der Waals surface area (Å²) in [6.07, 6.45) is 2.17. The van der Waals surface area contributed by atoms with Crippen LogP contribution in [0.5, 0.6) is 0 Å². The molecule has 1 fully saturated rings. The first-order valence-corrected chi connectivity index (χ1v) is 7.50. The van der Waals surface area contributed by atoms with Gasteiger partial charge in [0, 0.05) is 33.4 Å². The fourth-order valence-electron chi connectivity index (χ4n) is 2.01. The van der Waals surface area contributed by atoms with Gasteiger partial charge in [0.15, 0.2) is 11.8 Å². The zero-order chi connectivity index (χ0) is 15.2. The van der Waals surface area contributed by atoms with E-state index in [1.165, 1.54) is 6.42 Å². The van der Waals surface area contributed by atoms with Gasteiger partial charge in [-0.3, -0.25) is 0 Å². The fourth-order valence-corrected chi connectivity index (χ4v) is 2.01. The Labute approximate surface area is 149 Å². The first-order chi connectivity index (χ1) is 10.1. The van der Waals surface area contributed by atoms with Crippen LogP contribution in [0, 0.1) is 12.8 Å². The minimum atomic E-state index is 0. The van der Waals surface area contributed by atoms with Crippen molar-refractivity contribution in [2.75, 3.05) is 20.3 Å². The lowest BCUT2D eigenvalue weighted by molar-refractivity contribution is 0.195. The van der Waals surface area contributed by atoms with Crippen molar-refractivity contribution in [1.82, 2.24) is 25.4 Å². The van der Waals surface area contributed by atoms with E-state index in [1.54, 1.807) is 7.11 Å². The van der Waals surface area contributed by atoms with E-state index in [4.69, 9.17) is 4.74 Å². The molecule has 22 heavy (non-hydrogen) atoms. The zero-order valence-corrected chi connectivity index (χ0v) is 16.1. The Bertz CT molecular complexity index is 490. The minimum Gasteiger partial charge on any atom is -0.385 e. The normalized spacial score (nSPS) is 20.5. The summed E-state index contributed by atoms with van der Waals surface area (Å²) in [6.45, 7) is 6.31. The Morgan fingerprint density at radius 3 is 2.73 bits per heavy atom. The maximum absolute atomic E-state index is 5.06. The molecule has 7 nitrogen and oxygen atoms in total. The third kappa shape index (κ3) is 5.71. The molecule has 1 heterocycles. The van der Waals surface area contributed by atoms with E-state index in [0.717, 1.165) is 43.1 Å². The van der Waals surface area contributed by atoms with Gasteiger partial charge in [0.2, 0.25) is 0 Å². The summed E-state index contributed by atoms with van der Waals surface area (Å²) in [5.74, 6) is 3.35. The van der Waals surface area contributed by atoms with Crippen LogP contribution < -0.4 is 10.6 Å². The molecule has 8 heteroatoms. The highest BCUT2D eigenvalue weighted by molar-refractivity contribution is 14.0. The number of aliphatic imine (C=N–C) groups is 1. The van der Waals surface area contributed by atoms with E-state index < -0.39 is 0 Å². The first-order valence-electron chi connectivity index (χ1n) is 7.50. The van der Waals surface area contributed by atoms with Gasteiger partial charge in [0.05, 0.1) is 0 Å². The molecule has 0 saturated heterocycles. The molecule has 0 amide bonds. The average Bonchev–Trinajstić information content (AvgIpc) is 3.07. The Balaban J connectivity index is 0.00000242. The van der Waals surface area contributed by atoms with E-state index in [9.17, 15) is 0 Å². The molecule has 0 spiro atoms. The molecule has 2 unspecified atom stereocenters. The van der Waals surface area contributed by atoms with E-state index in [0.29, 0.717) is 12.6 Å². The lowest BCUT2D eigenvalue weighted by atomic mass is 10.4. The second kappa shape index (κ2) is 9.29. The molecule has 1 aliphatic rings. The van der Waals surface area contributed by atoms with Crippen molar-refractivity contribution in [3.63, 3.8) is 0 Å². The largest absolute Gasteiger partial charge is 0.385 e. The molecular formula is C14H27IN6O. The summed E-state index contributed by atoms with van der Waals surface area (Å²) in [5.41, 5.74) is 0. The van der Waals surface area contributed by atoms with Crippen LogP contribution in [-0.2, 0) is 18.3 Å². The number of hydrogen-bond donors (Lipinski definition) is 2. The molecule has 2 N–H and O–H groups in total. The Morgan fingerprint density at radius 2 is 2.18 bits per heavy atom. The quantitative estimate of drug-likeness (QED) is 0.299. The van der Waals surface area contributed by atoms with Gasteiger partial charge in [-0.05, 0) is 25.7 Å². The predicted molar refractivity (Wildman–Crippen MR) is 97.5 cm³/mol. The van der Waals surface area contributed by atoms with Gasteiger partial charge in [0.25, 0.3) is 0 Å². The number of ether oxygens (including phenoxy) is 1. The Kier molecular flexibility index (Phi) is 8.08. The maximum atomic E-state index is 5.06. The van der Waals surface area contributed by atoms with Crippen molar-refractivity contribution in [3.8, 4) is 0 Å². The summed E-state index contributed by atoms with van der Waals surface area (Å²) >= 11 is 0. The molecule has 0 bridgehead atoms. The Hall–Kier alpha value is -0.900. The molecule has 1 saturated carbocycles. The second-order valence-corrected chi connectivity index (χ2v) is 5.62. The van der Waals surface area contributed by atoms with Gasteiger partial charge >= 0.3 is 0 Å². The number of nitrogens with one attached hydrogen (secondary N) is 2. The highest BCUT2D eigenvalue weighted by Crippen LogP contribution is 2.28. The lowest BCUT2D eigenvalue weighted by Gasteiger charge is -2.12. The number of aromatic nitrogens is 3. The van der Waals surface area contributed by atoms with Crippen molar-refractivity contribution in [2.24, 2.45) is 18.0 Å². The van der Waals surface area contributed by atoms with Gasteiger partial charge in [-0.15, -0.1) is 34.2 Å². The van der Waals surface area contributed by atoms with Crippen LogP contribution >= 0.6 is 24.0 Å². The number of rotatable bonds is 7. The van der Waals surface area contributed by atoms with E-state index in [1.807, 2.05) is 18.5 Å². The van der Waals surface area contributed by atoms with Gasteiger partial charge in [-0.25, -0.2) is 4.99 Å². The number of guanidine groups is 1. The smallest absolute Gasteiger partial charge is 0.191 e. The topological polar surface area (TPSA) is 76.4 Å². The lowest BCUT2D eigenvalue weighted by Crippen LogP contribution is -2.40. The van der Waals surface area contributed by atoms with Crippen molar-refractivity contribution in [1.29, 1.82) is 0 Å². The summed E-state index contributed by atoms with van der Waals surface area (Å²) in [6, 6.07) is 0.542. The summed E-state index contributed by atoms with van der Waals surface area (Å²) < 4.78 is 7.02. The number of nitrogens with zero attached hydrogens (tertiary/aromatic N) is 4. The van der Waals surface area contributed by atoms with Crippen LogP contribution in [0.1, 0.15) is 31.4 Å². The van der Waals surface area contributed by atoms with Crippen LogP contribution in [-0.4, -0.2) is 47.0 Å². The van der Waals surface area contributed by atoms with Crippen molar-refractivity contribution in [3.05, 3.63) is 11.6 Å². The Morgan fingerprint density at radius 1 is 1.45 bits per heavy atom. The molecule has 1 aliphatic carbocycles. The summed E-state index contributed by atoms with van der Waals surface area (Å²) in [7, 11) is 3.68. The van der Waals surface area contributed by atoms with Crippen LogP contribution in [0.4, 0.5) is 0 Å². The minimum absolute atomic E-state index is 0. The van der Waals surface area contributed by atoms with E-state index in [2.05, 4.69) is 32.7 Å². The number of halogens is 1. The van der Waals surface area contributed by atoms with Crippen LogP contribution in [0.3, 0.4) is 0 Å². The molecule has 126 valence electrons.